The van der Waals surface area contributed by atoms with Gasteiger partial charge in [0, 0.05) is 0 Å². The van der Waals surface area contributed by atoms with Gasteiger partial charge in [-0.1, -0.05) is 12.1 Å². The highest BCUT2D eigenvalue weighted by molar-refractivity contribution is 6.13. The largest absolute Gasteiger partial charge is 0.323 e. The third kappa shape index (κ3) is 1.61. The first-order valence-electron chi connectivity index (χ1n) is 5.32. The van der Waals surface area contributed by atoms with Crippen molar-refractivity contribution in [1.29, 1.82) is 0 Å². The first-order valence-corrected chi connectivity index (χ1v) is 5.32. The van der Waals surface area contributed by atoms with Crippen molar-refractivity contribution in [3.63, 3.8) is 0 Å². The average Bonchev–Trinajstić information content (AvgIpc) is 2.90. The van der Waals surface area contributed by atoms with Crippen LogP contribution in [-0.2, 0) is 4.79 Å². The zero-order chi connectivity index (χ0) is 12.5. The van der Waals surface area contributed by atoms with Gasteiger partial charge in [0.2, 0.25) is 11.7 Å². The number of hydrogen-bond acceptors (Lipinski definition) is 4. The number of hydrogen-bond donors (Lipinski definition) is 2. The molecule has 7 heteroatoms. The molecule has 0 fully saturated rings. The van der Waals surface area contributed by atoms with Crippen LogP contribution < -0.4 is 10.2 Å². The van der Waals surface area contributed by atoms with E-state index in [-0.39, 0.29) is 24.2 Å². The summed E-state index contributed by atoms with van der Waals surface area (Å²) in [6, 6.07) is 7.11. The van der Waals surface area contributed by atoms with Crippen molar-refractivity contribution in [2.45, 2.75) is 0 Å². The summed E-state index contributed by atoms with van der Waals surface area (Å²) < 4.78 is 0. The quantitative estimate of drug-likeness (QED) is 0.758. The minimum Gasteiger partial charge on any atom is -0.323 e. The molecule has 2 aromatic rings. The van der Waals surface area contributed by atoms with Gasteiger partial charge < -0.3 is 5.32 Å². The third-order valence-corrected chi connectivity index (χ3v) is 2.63. The number of nitrogens with one attached hydrogen (secondary N) is 2. The molecule has 0 saturated heterocycles. The smallest absolute Gasteiger partial charge is 0.296 e. The molecule has 90 valence electrons. The van der Waals surface area contributed by atoms with Crippen molar-refractivity contribution >= 4 is 23.2 Å². The second kappa shape index (κ2) is 3.95. The molecule has 2 heterocycles. The van der Waals surface area contributed by atoms with Gasteiger partial charge in [-0.05, 0) is 12.1 Å². The Labute approximate surface area is 102 Å². The third-order valence-electron chi connectivity index (χ3n) is 2.63. The Morgan fingerprint density at radius 2 is 2.17 bits per heavy atom. The number of benzene rings is 1. The SMILES string of the molecule is O=C1CN(C(=O)c2ncn[nH]2)c2ccccc2N1. The molecule has 1 aromatic carbocycles. The van der Waals surface area contributed by atoms with Crippen molar-refractivity contribution in [3.05, 3.63) is 36.4 Å². The number of aromatic nitrogens is 3. The molecule has 0 unspecified atom stereocenters. The fraction of sp³-hybridized carbons (Fsp3) is 0.0909. The van der Waals surface area contributed by atoms with E-state index in [1.807, 2.05) is 0 Å². The van der Waals surface area contributed by atoms with Crippen molar-refractivity contribution in [2.75, 3.05) is 16.8 Å². The molecule has 0 saturated carbocycles. The minimum absolute atomic E-state index is 0.0312. The number of carbonyl (C=O) groups excluding carboxylic acids is 2. The van der Waals surface area contributed by atoms with Gasteiger partial charge in [0.05, 0.1) is 11.4 Å². The highest BCUT2D eigenvalue weighted by Gasteiger charge is 2.28. The maximum absolute atomic E-state index is 12.2. The van der Waals surface area contributed by atoms with E-state index in [0.717, 1.165) is 0 Å². The van der Waals surface area contributed by atoms with Gasteiger partial charge in [0.1, 0.15) is 12.9 Å². The Kier molecular flexibility index (Phi) is 2.30. The lowest BCUT2D eigenvalue weighted by Gasteiger charge is -2.28. The Hall–Kier alpha value is -2.70. The Balaban J connectivity index is 2.03. The van der Waals surface area contributed by atoms with Crippen LogP contribution in [0.3, 0.4) is 0 Å². The average molecular weight is 243 g/mol. The van der Waals surface area contributed by atoms with Crippen LogP contribution in [-0.4, -0.2) is 33.5 Å². The van der Waals surface area contributed by atoms with Crippen molar-refractivity contribution in [1.82, 2.24) is 15.2 Å². The molecule has 1 aliphatic rings. The molecule has 18 heavy (non-hydrogen) atoms. The highest BCUT2D eigenvalue weighted by atomic mass is 16.2. The number of rotatable bonds is 1. The lowest BCUT2D eigenvalue weighted by Crippen LogP contribution is -2.42. The number of nitrogens with zero attached hydrogens (tertiary/aromatic N) is 3. The van der Waals surface area contributed by atoms with Gasteiger partial charge in [0.15, 0.2) is 0 Å². The molecule has 0 atom stereocenters. The number of H-pyrrole nitrogens is 1. The van der Waals surface area contributed by atoms with Crippen LogP contribution in [0.5, 0.6) is 0 Å². The molecule has 1 aliphatic heterocycles. The lowest BCUT2D eigenvalue weighted by molar-refractivity contribution is -0.115. The molecule has 7 nitrogen and oxygen atoms in total. The lowest BCUT2D eigenvalue weighted by atomic mass is 10.2. The molecular formula is C11H9N5O2. The molecule has 2 N–H and O–H groups in total. The monoisotopic (exact) mass is 243 g/mol. The summed E-state index contributed by atoms with van der Waals surface area (Å²) in [5, 5.41) is 8.84. The Bertz CT molecular complexity index is 608. The van der Waals surface area contributed by atoms with Gasteiger partial charge in [-0.25, -0.2) is 4.98 Å². The van der Waals surface area contributed by atoms with Crippen molar-refractivity contribution in [2.24, 2.45) is 0 Å². The predicted molar refractivity (Wildman–Crippen MR) is 63.1 cm³/mol. The zero-order valence-electron chi connectivity index (χ0n) is 9.25. The van der Waals surface area contributed by atoms with E-state index in [0.29, 0.717) is 11.4 Å². The van der Waals surface area contributed by atoms with E-state index >= 15 is 0 Å². The van der Waals surface area contributed by atoms with Crippen LogP contribution in [0.25, 0.3) is 0 Å². The zero-order valence-corrected chi connectivity index (χ0v) is 9.25. The molecule has 0 aliphatic carbocycles. The molecule has 1 aromatic heterocycles. The van der Waals surface area contributed by atoms with Gasteiger partial charge in [-0.3, -0.25) is 19.6 Å². The standard InChI is InChI=1S/C11H9N5O2/c17-9-5-16(11(18)10-12-6-13-15-10)8-4-2-1-3-7(8)14-9/h1-4,6H,5H2,(H,14,17)(H,12,13,15). The van der Waals surface area contributed by atoms with Crippen molar-refractivity contribution < 1.29 is 9.59 Å². The number of amides is 2. The number of carbonyl (C=O) groups is 2. The minimum atomic E-state index is -0.380. The number of fused-ring (bicyclic) bond motifs is 1. The molecule has 0 radical (unpaired) electrons. The topological polar surface area (TPSA) is 91.0 Å². The summed E-state index contributed by atoms with van der Waals surface area (Å²) in [5.41, 5.74) is 1.26. The molecule has 3 rings (SSSR count). The second-order valence-corrected chi connectivity index (χ2v) is 3.79. The number of para-hydroxylation sites is 2. The summed E-state index contributed by atoms with van der Waals surface area (Å²) in [7, 11) is 0. The summed E-state index contributed by atoms with van der Waals surface area (Å²) in [4.78, 5) is 28.9. The van der Waals surface area contributed by atoms with Crippen LogP contribution in [0.2, 0.25) is 0 Å². The maximum Gasteiger partial charge on any atom is 0.296 e. The number of aromatic amines is 1. The van der Waals surface area contributed by atoms with E-state index < -0.39 is 0 Å². The molecule has 0 bridgehead atoms. The molecular weight excluding hydrogens is 234 g/mol. The van der Waals surface area contributed by atoms with Gasteiger partial charge in [0.25, 0.3) is 5.91 Å². The van der Waals surface area contributed by atoms with E-state index in [1.165, 1.54) is 11.2 Å². The van der Waals surface area contributed by atoms with E-state index in [1.54, 1.807) is 24.3 Å². The predicted octanol–water partition coefficient (Wildman–Crippen LogP) is 0.404. The van der Waals surface area contributed by atoms with E-state index in [2.05, 4.69) is 20.5 Å². The Morgan fingerprint density at radius 3 is 2.94 bits per heavy atom. The molecule has 0 spiro atoms. The first kappa shape index (κ1) is 10.5. The van der Waals surface area contributed by atoms with Crippen LogP contribution >= 0.6 is 0 Å². The van der Waals surface area contributed by atoms with E-state index in [9.17, 15) is 9.59 Å². The van der Waals surface area contributed by atoms with Crippen LogP contribution in [0.1, 0.15) is 10.6 Å². The van der Waals surface area contributed by atoms with Gasteiger partial charge in [-0.15, -0.1) is 0 Å². The second-order valence-electron chi connectivity index (χ2n) is 3.79. The Morgan fingerprint density at radius 1 is 1.33 bits per heavy atom. The summed E-state index contributed by atoms with van der Waals surface area (Å²) in [6.07, 6.45) is 1.25. The number of anilines is 2. The van der Waals surface area contributed by atoms with Gasteiger partial charge in [-0.2, -0.15) is 5.10 Å². The molecule has 2 amide bonds. The fourth-order valence-electron chi connectivity index (χ4n) is 1.85. The fourth-order valence-corrected chi connectivity index (χ4v) is 1.85. The van der Waals surface area contributed by atoms with Crippen LogP contribution in [0.4, 0.5) is 11.4 Å². The summed E-state index contributed by atoms with van der Waals surface area (Å²) in [5.74, 6) is -0.504. The first-order chi connectivity index (χ1) is 8.75. The summed E-state index contributed by atoms with van der Waals surface area (Å²) >= 11 is 0. The van der Waals surface area contributed by atoms with Crippen LogP contribution in [0, 0.1) is 0 Å². The van der Waals surface area contributed by atoms with Gasteiger partial charge >= 0.3 is 0 Å². The van der Waals surface area contributed by atoms with Crippen molar-refractivity contribution in [3.8, 4) is 0 Å². The van der Waals surface area contributed by atoms with E-state index in [4.69, 9.17) is 0 Å². The highest BCUT2D eigenvalue weighted by Crippen LogP contribution is 2.29. The summed E-state index contributed by atoms with van der Waals surface area (Å²) in [6.45, 7) is -0.0312. The van der Waals surface area contributed by atoms with Crippen LogP contribution in [0.15, 0.2) is 30.6 Å². The normalized spacial score (nSPS) is 14.0. The maximum atomic E-state index is 12.2.